The molecule has 0 spiro atoms. The Labute approximate surface area is 236 Å². The fourth-order valence-electron chi connectivity index (χ4n) is 6.07. The van der Waals surface area contributed by atoms with Crippen LogP contribution < -0.4 is 0 Å². The predicted molar refractivity (Wildman–Crippen MR) is 166 cm³/mol. The monoisotopic (exact) mass is 530 g/mol. The summed E-state index contributed by atoms with van der Waals surface area (Å²) in [6.07, 6.45) is 1.08. The van der Waals surface area contributed by atoms with Crippen LogP contribution in [-0.2, 0) is 10.8 Å². The molecule has 0 aliphatic rings. The van der Waals surface area contributed by atoms with Crippen LogP contribution in [-0.4, -0.2) is 9.97 Å². The largest absolute Gasteiger partial charge is 0.436 e. The van der Waals surface area contributed by atoms with Gasteiger partial charge in [-0.15, -0.1) is 0 Å². The average Bonchev–Trinajstić information content (AvgIpc) is 3.49. The molecule has 0 amide bonds. The number of rotatable bonds is 4. The van der Waals surface area contributed by atoms with Crippen molar-refractivity contribution < 1.29 is 8.83 Å². The molecule has 0 fully saturated rings. The van der Waals surface area contributed by atoms with E-state index in [1.807, 2.05) is 18.2 Å². The Bertz CT molecular complexity index is 1870. The molecule has 4 heteroatoms. The van der Waals surface area contributed by atoms with Gasteiger partial charge in [-0.25, -0.2) is 9.97 Å². The number of benzene rings is 4. The van der Waals surface area contributed by atoms with E-state index in [2.05, 4.69) is 110 Å². The lowest BCUT2D eigenvalue weighted by Crippen LogP contribution is -2.24. The van der Waals surface area contributed by atoms with Gasteiger partial charge in [0.2, 0.25) is 11.8 Å². The average molecular weight is 531 g/mol. The second-order valence-electron chi connectivity index (χ2n) is 14.0. The fourth-order valence-corrected chi connectivity index (χ4v) is 6.07. The van der Waals surface area contributed by atoms with Gasteiger partial charge in [-0.05, 0) is 81.0 Å². The molecule has 6 aromatic rings. The lowest BCUT2D eigenvalue weighted by atomic mass is 9.72. The standard InChI is InChI=1S/C36H38N2O2/c1-34(2,3)21-36(7,8)23-14-18-31-29(20-23)38-33(40-31)27-16-15-26(24-11-9-10-12-25(24)27)32-37-28-19-22(35(4,5)6)13-17-30(28)39-32/h9-20H,21H2,1-8H3. The quantitative estimate of drug-likeness (QED) is 0.227. The molecule has 2 aromatic heterocycles. The SMILES string of the molecule is CC(C)(C)CC(C)(C)c1ccc2oc(-c3ccc(-c4nc5cc(C(C)(C)C)ccc5o4)c4ccccc34)nc2c1. The minimum absolute atomic E-state index is 0.0348. The summed E-state index contributed by atoms with van der Waals surface area (Å²) in [5, 5.41) is 2.11. The molecule has 0 aliphatic heterocycles. The van der Waals surface area contributed by atoms with E-state index < -0.39 is 0 Å². The molecule has 2 heterocycles. The molecule has 0 aliphatic carbocycles. The van der Waals surface area contributed by atoms with E-state index in [1.54, 1.807) is 0 Å². The lowest BCUT2D eigenvalue weighted by Gasteiger charge is -2.32. The van der Waals surface area contributed by atoms with Crippen molar-refractivity contribution in [1.29, 1.82) is 0 Å². The Balaban J connectivity index is 1.43. The van der Waals surface area contributed by atoms with Gasteiger partial charge in [-0.3, -0.25) is 0 Å². The van der Waals surface area contributed by atoms with Crippen molar-refractivity contribution in [1.82, 2.24) is 9.97 Å². The molecule has 6 rings (SSSR count). The van der Waals surface area contributed by atoms with E-state index in [0.29, 0.717) is 11.8 Å². The highest BCUT2D eigenvalue weighted by molar-refractivity contribution is 6.03. The molecule has 0 atom stereocenters. The zero-order valence-electron chi connectivity index (χ0n) is 24.8. The summed E-state index contributed by atoms with van der Waals surface area (Å²) in [7, 11) is 0. The van der Waals surface area contributed by atoms with E-state index in [9.17, 15) is 0 Å². The first-order valence-corrected chi connectivity index (χ1v) is 14.1. The van der Waals surface area contributed by atoms with E-state index in [4.69, 9.17) is 18.8 Å². The van der Waals surface area contributed by atoms with E-state index in [0.717, 1.165) is 50.5 Å². The van der Waals surface area contributed by atoms with Crippen molar-refractivity contribution in [2.24, 2.45) is 5.41 Å². The minimum atomic E-state index is 0.0348. The number of oxazole rings is 2. The first-order valence-electron chi connectivity index (χ1n) is 14.1. The van der Waals surface area contributed by atoms with Crippen molar-refractivity contribution in [3.8, 4) is 22.9 Å². The smallest absolute Gasteiger partial charge is 0.227 e. The highest BCUT2D eigenvalue weighted by Gasteiger charge is 2.28. The van der Waals surface area contributed by atoms with Gasteiger partial charge in [0.1, 0.15) is 11.0 Å². The first-order chi connectivity index (χ1) is 18.8. The van der Waals surface area contributed by atoms with Gasteiger partial charge >= 0.3 is 0 Å². The zero-order chi connectivity index (χ0) is 28.4. The highest BCUT2D eigenvalue weighted by atomic mass is 16.4. The maximum atomic E-state index is 6.32. The van der Waals surface area contributed by atoms with E-state index in [1.165, 1.54) is 11.1 Å². The van der Waals surface area contributed by atoms with Gasteiger partial charge in [0, 0.05) is 11.1 Å². The molecule has 0 unspecified atom stereocenters. The summed E-state index contributed by atoms with van der Waals surface area (Å²) in [6, 6.07) is 25.2. The second kappa shape index (κ2) is 9.05. The summed E-state index contributed by atoms with van der Waals surface area (Å²) >= 11 is 0. The molecule has 4 aromatic carbocycles. The van der Waals surface area contributed by atoms with Crippen LogP contribution in [0.5, 0.6) is 0 Å². The van der Waals surface area contributed by atoms with Crippen molar-refractivity contribution in [2.75, 3.05) is 0 Å². The van der Waals surface area contributed by atoms with Crippen LogP contribution in [0, 0.1) is 5.41 Å². The Morgan fingerprint density at radius 2 is 1.05 bits per heavy atom. The molecule has 0 radical (unpaired) electrons. The normalized spacial score (nSPS) is 13.1. The van der Waals surface area contributed by atoms with Crippen LogP contribution in [0.25, 0.3) is 55.9 Å². The Morgan fingerprint density at radius 3 is 1.52 bits per heavy atom. The topological polar surface area (TPSA) is 52.1 Å². The molecular weight excluding hydrogens is 492 g/mol. The highest BCUT2D eigenvalue weighted by Crippen LogP contribution is 2.40. The second-order valence-corrected chi connectivity index (χ2v) is 14.0. The van der Waals surface area contributed by atoms with E-state index >= 15 is 0 Å². The van der Waals surface area contributed by atoms with Crippen LogP contribution in [0.3, 0.4) is 0 Å². The maximum absolute atomic E-state index is 6.32. The lowest BCUT2D eigenvalue weighted by molar-refractivity contribution is 0.284. The molecular formula is C36H38N2O2. The molecule has 0 bridgehead atoms. The van der Waals surface area contributed by atoms with Crippen LogP contribution in [0.1, 0.15) is 72.9 Å². The van der Waals surface area contributed by atoms with Crippen molar-refractivity contribution in [3.63, 3.8) is 0 Å². The molecule has 0 saturated heterocycles. The maximum Gasteiger partial charge on any atom is 0.227 e. The fraction of sp³-hybridized carbons (Fsp3) is 0.333. The Morgan fingerprint density at radius 1 is 0.575 bits per heavy atom. The molecule has 204 valence electrons. The summed E-state index contributed by atoms with van der Waals surface area (Å²) in [5.74, 6) is 1.24. The Kier molecular flexibility index (Phi) is 5.96. The molecule has 0 saturated carbocycles. The minimum Gasteiger partial charge on any atom is -0.436 e. The number of nitrogens with zero attached hydrogens (tertiary/aromatic N) is 2. The van der Waals surface area contributed by atoms with Gasteiger partial charge in [0.05, 0.1) is 0 Å². The summed E-state index contributed by atoms with van der Waals surface area (Å²) in [6.45, 7) is 18.1. The van der Waals surface area contributed by atoms with Crippen molar-refractivity contribution in [3.05, 3.63) is 83.9 Å². The molecule has 40 heavy (non-hydrogen) atoms. The predicted octanol–water partition coefficient (Wildman–Crippen LogP) is 10.5. The summed E-state index contributed by atoms with van der Waals surface area (Å²) in [4.78, 5) is 9.86. The zero-order valence-corrected chi connectivity index (χ0v) is 24.8. The van der Waals surface area contributed by atoms with Crippen LogP contribution in [0.15, 0.2) is 81.6 Å². The van der Waals surface area contributed by atoms with Gasteiger partial charge in [0.15, 0.2) is 11.2 Å². The van der Waals surface area contributed by atoms with Crippen LogP contribution in [0.2, 0.25) is 0 Å². The van der Waals surface area contributed by atoms with Crippen molar-refractivity contribution >= 4 is 33.0 Å². The number of aromatic nitrogens is 2. The van der Waals surface area contributed by atoms with Crippen LogP contribution in [0.4, 0.5) is 0 Å². The number of hydrogen-bond donors (Lipinski definition) is 0. The third-order valence-electron chi connectivity index (χ3n) is 7.78. The van der Waals surface area contributed by atoms with Crippen molar-refractivity contribution in [2.45, 2.75) is 72.6 Å². The van der Waals surface area contributed by atoms with Gasteiger partial charge < -0.3 is 8.83 Å². The van der Waals surface area contributed by atoms with Crippen LogP contribution >= 0.6 is 0 Å². The number of hydrogen-bond acceptors (Lipinski definition) is 4. The summed E-state index contributed by atoms with van der Waals surface area (Å²) in [5.41, 5.74) is 8.09. The van der Waals surface area contributed by atoms with Gasteiger partial charge in [-0.2, -0.15) is 0 Å². The third-order valence-corrected chi connectivity index (χ3v) is 7.78. The number of fused-ring (bicyclic) bond motifs is 3. The first kappa shape index (κ1) is 26.3. The molecule has 4 nitrogen and oxygen atoms in total. The van der Waals surface area contributed by atoms with E-state index in [-0.39, 0.29) is 16.2 Å². The Hall–Kier alpha value is -3.92. The third kappa shape index (κ3) is 4.81. The summed E-state index contributed by atoms with van der Waals surface area (Å²) < 4.78 is 12.6. The van der Waals surface area contributed by atoms with Gasteiger partial charge in [0.25, 0.3) is 0 Å². The van der Waals surface area contributed by atoms with Gasteiger partial charge in [-0.1, -0.05) is 91.8 Å². The molecule has 0 N–H and O–H groups in total.